The molecule has 0 spiro atoms. The highest BCUT2D eigenvalue weighted by Gasteiger charge is 2.32. The Morgan fingerprint density at radius 1 is 1.50 bits per heavy atom. The molecule has 18 heavy (non-hydrogen) atoms. The first kappa shape index (κ1) is 12.6. The number of nitrogens with two attached hydrogens (primary N) is 1. The zero-order chi connectivity index (χ0) is 13.3. The quantitative estimate of drug-likeness (QED) is 0.641. The van der Waals surface area contributed by atoms with E-state index in [0.29, 0.717) is 0 Å². The minimum Gasteiger partial charge on any atom is -0.494 e. The molecule has 0 saturated heterocycles. The average molecular weight is 276 g/mol. The highest BCUT2D eigenvalue weighted by atomic mass is 32.3. The number of rotatable bonds is 4. The Bertz CT molecular complexity index is 571. The van der Waals surface area contributed by atoms with Gasteiger partial charge in [-0.3, -0.25) is 0 Å². The Morgan fingerprint density at radius 3 is 2.83 bits per heavy atom. The molecule has 0 radical (unpaired) electrons. The molecule has 9 heteroatoms. The summed E-state index contributed by atoms with van der Waals surface area (Å²) in [6.45, 7) is 0.0517. The van der Waals surface area contributed by atoms with Gasteiger partial charge in [0.2, 0.25) is 0 Å². The Labute approximate surface area is 104 Å². The molecule has 2 rings (SSSR count). The van der Waals surface area contributed by atoms with Gasteiger partial charge in [-0.2, -0.15) is 0 Å². The van der Waals surface area contributed by atoms with Gasteiger partial charge in [-0.05, 0) is 0 Å². The van der Waals surface area contributed by atoms with Gasteiger partial charge in [-0.25, -0.2) is 0 Å². The van der Waals surface area contributed by atoms with E-state index < -0.39 is 10.4 Å². The molecule has 1 aliphatic rings. The van der Waals surface area contributed by atoms with E-state index in [1.165, 1.54) is 13.2 Å². The number of fused-ring (bicyclic) bond motifs is 2. The van der Waals surface area contributed by atoms with E-state index in [2.05, 4.69) is 13.7 Å². The minimum atomic E-state index is -4.16. The molecule has 0 saturated carbocycles. The molecule has 2 bridgehead atoms. The molecule has 1 heterocycles. The molecule has 0 aliphatic carbocycles. The highest BCUT2D eigenvalue weighted by Crippen LogP contribution is 2.49. The van der Waals surface area contributed by atoms with E-state index in [0.717, 1.165) is 0 Å². The van der Waals surface area contributed by atoms with Crippen LogP contribution in [0.15, 0.2) is 6.07 Å². The number of benzene rings is 1. The summed E-state index contributed by atoms with van der Waals surface area (Å²) in [6.07, 6.45) is 0. The molecular weight excluding hydrogens is 264 g/mol. The number of hydrogen-bond acceptors (Lipinski definition) is 8. The van der Waals surface area contributed by atoms with Crippen molar-refractivity contribution in [3.8, 4) is 17.2 Å². The van der Waals surface area contributed by atoms with E-state index in [9.17, 15) is 8.42 Å². The topological polar surface area (TPSA) is 120 Å². The number of aliphatic hydroxyl groups is 1. The van der Waals surface area contributed by atoms with Crippen LogP contribution in [-0.2, 0) is 10.4 Å². The van der Waals surface area contributed by atoms with Crippen molar-refractivity contribution in [1.29, 1.82) is 0 Å². The second-order valence-electron chi connectivity index (χ2n) is 3.42. The lowest BCUT2D eigenvalue weighted by Crippen LogP contribution is -2.24. The second kappa shape index (κ2) is 4.42. The van der Waals surface area contributed by atoms with Crippen LogP contribution in [0.4, 0.5) is 11.4 Å². The molecule has 100 valence electrons. The number of nitrogens with one attached hydrogen (secondary N) is 1. The number of hydrogen-bond donors (Lipinski definition) is 3. The maximum atomic E-state index is 11.3. The van der Waals surface area contributed by atoms with Crippen LogP contribution in [0, 0.1) is 0 Å². The van der Waals surface area contributed by atoms with Gasteiger partial charge in [0, 0.05) is 12.6 Å². The Kier molecular flexibility index (Phi) is 3.09. The zero-order valence-electron chi connectivity index (χ0n) is 9.47. The van der Waals surface area contributed by atoms with Gasteiger partial charge >= 0.3 is 10.4 Å². The lowest BCUT2D eigenvalue weighted by Gasteiger charge is -2.23. The van der Waals surface area contributed by atoms with Crippen molar-refractivity contribution in [1.82, 2.24) is 0 Å². The van der Waals surface area contributed by atoms with E-state index in [1.807, 2.05) is 0 Å². The minimum absolute atomic E-state index is 0.00995. The summed E-state index contributed by atoms with van der Waals surface area (Å²) in [5.41, 5.74) is 6.03. The summed E-state index contributed by atoms with van der Waals surface area (Å²) < 4.78 is 36.9. The predicted octanol–water partition coefficient (Wildman–Crippen LogP) is -0.302. The fraction of sp³-hybridized carbons (Fsp3) is 0.333. The van der Waals surface area contributed by atoms with Gasteiger partial charge in [-0.15, -0.1) is 8.42 Å². The number of nitrogen functional groups attached to an aromatic ring is 1. The summed E-state index contributed by atoms with van der Waals surface area (Å²) in [5.74, 6) is 0.157. The molecule has 8 nitrogen and oxygen atoms in total. The summed E-state index contributed by atoms with van der Waals surface area (Å²) in [4.78, 5) is 0. The van der Waals surface area contributed by atoms with Crippen molar-refractivity contribution >= 4 is 21.8 Å². The molecule has 0 unspecified atom stereocenters. The molecule has 0 amide bonds. The average Bonchev–Trinajstić information content (AvgIpc) is 2.31. The lowest BCUT2D eigenvalue weighted by atomic mass is 10.2. The van der Waals surface area contributed by atoms with Crippen molar-refractivity contribution in [2.45, 2.75) is 0 Å². The summed E-state index contributed by atoms with van der Waals surface area (Å²) in [5, 5.41) is 11.5. The highest BCUT2D eigenvalue weighted by molar-refractivity contribution is 7.82. The first-order valence-electron chi connectivity index (χ1n) is 4.97. The Balaban J connectivity index is 2.55. The number of anilines is 2. The summed E-state index contributed by atoms with van der Waals surface area (Å²) in [7, 11) is -2.78. The van der Waals surface area contributed by atoms with Gasteiger partial charge in [0.15, 0.2) is 11.5 Å². The van der Waals surface area contributed by atoms with Crippen molar-refractivity contribution in [3.05, 3.63) is 6.07 Å². The van der Waals surface area contributed by atoms with Crippen molar-refractivity contribution < 1.29 is 26.6 Å². The van der Waals surface area contributed by atoms with Crippen LogP contribution in [0.1, 0.15) is 0 Å². The van der Waals surface area contributed by atoms with Crippen LogP contribution in [0.25, 0.3) is 0 Å². The number of ether oxygens (including phenoxy) is 1. The summed E-state index contributed by atoms with van der Waals surface area (Å²) in [6, 6.07) is 1.33. The van der Waals surface area contributed by atoms with Crippen LogP contribution >= 0.6 is 0 Å². The fourth-order valence-electron chi connectivity index (χ4n) is 1.53. The predicted molar refractivity (Wildman–Crippen MR) is 63.2 cm³/mol. The number of aliphatic hydroxyl groups excluding tert-OH is 1. The van der Waals surface area contributed by atoms with Gasteiger partial charge in [0.1, 0.15) is 17.1 Å². The second-order valence-corrected chi connectivity index (χ2v) is 4.57. The van der Waals surface area contributed by atoms with Crippen LogP contribution in [-0.4, -0.2) is 33.8 Å². The molecule has 1 aromatic carbocycles. The first-order chi connectivity index (χ1) is 8.48. The zero-order valence-corrected chi connectivity index (χ0v) is 10.3. The van der Waals surface area contributed by atoms with Crippen molar-refractivity contribution in [2.24, 2.45) is 0 Å². The van der Waals surface area contributed by atoms with E-state index in [1.54, 1.807) is 0 Å². The summed E-state index contributed by atoms with van der Waals surface area (Å²) >= 11 is 0. The van der Waals surface area contributed by atoms with Crippen LogP contribution in [0.5, 0.6) is 17.2 Å². The van der Waals surface area contributed by atoms with Gasteiger partial charge in [-0.1, -0.05) is 0 Å². The van der Waals surface area contributed by atoms with Crippen LogP contribution in [0.2, 0.25) is 0 Å². The van der Waals surface area contributed by atoms with Gasteiger partial charge in [0.05, 0.1) is 13.7 Å². The molecule has 0 aromatic heterocycles. The first-order valence-corrected chi connectivity index (χ1v) is 6.31. The molecule has 0 fully saturated rings. The smallest absolute Gasteiger partial charge is 0.494 e. The van der Waals surface area contributed by atoms with Crippen molar-refractivity contribution in [2.75, 3.05) is 31.3 Å². The Hall–Kier alpha value is -1.87. The molecule has 1 aliphatic heterocycles. The lowest BCUT2D eigenvalue weighted by molar-refractivity contribution is 0.310. The molecule has 1 aromatic rings. The van der Waals surface area contributed by atoms with Crippen LogP contribution in [0.3, 0.4) is 0 Å². The maximum absolute atomic E-state index is 11.3. The van der Waals surface area contributed by atoms with Gasteiger partial charge < -0.3 is 29.3 Å². The maximum Gasteiger partial charge on any atom is 0.501 e. The Morgan fingerprint density at radius 2 is 2.22 bits per heavy atom. The molecule has 4 N–H and O–H groups in total. The third-order valence-corrected chi connectivity index (χ3v) is 3.01. The standard InChI is InChI=1S/C9H12N2O6S/c1-15-5-4-6-8(11-2-3-12)9(7(5)10)17-18(13,14)16-6/h4,11-12H,2-3,10H2,1H3. The fourth-order valence-corrected chi connectivity index (χ4v) is 2.29. The largest absolute Gasteiger partial charge is 0.501 e. The normalized spacial score (nSPS) is 15.4. The SMILES string of the molecule is COc1cc2c(NCCO)c(c1N)OS(=O)(=O)O2. The van der Waals surface area contributed by atoms with Crippen LogP contribution < -0.4 is 24.2 Å². The van der Waals surface area contributed by atoms with E-state index in [4.69, 9.17) is 15.6 Å². The van der Waals surface area contributed by atoms with E-state index in [-0.39, 0.29) is 41.8 Å². The number of methoxy groups -OCH3 is 1. The van der Waals surface area contributed by atoms with Crippen molar-refractivity contribution in [3.63, 3.8) is 0 Å². The van der Waals surface area contributed by atoms with E-state index >= 15 is 0 Å². The molecule has 0 atom stereocenters. The third-order valence-electron chi connectivity index (χ3n) is 2.26. The molecular formula is C9H12N2O6S. The van der Waals surface area contributed by atoms with Gasteiger partial charge in [0.25, 0.3) is 0 Å². The monoisotopic (exact) mass is 276 g/mol. The third kappa shape index (κ3) is 2.09.